The minimum Gasteiger partial charge on any atom is -0.481 e. The van der Waals surface area contributed by atoms with Crippen LogP contribution in [0.2, 0.25) is 0 Å². The molecule has 1 aliphatic carbocycles. The third-order valence-electron chi connectivity index (χ3n) is 4.00. The van der Waals surface area contributed by atoms with Crippen LogP contribution in [0.25, 0.3) is 10.9 Å². The van der Waals surface area contributed by atoms with Gasteiger partial charge in [0.1, 0.15) is 0 Å². The second kappa shape index (κ2) is 5.60. The van der Waals surface area contributed by atoms with E-state index in [0.29, 0.717) is 13.0 Å². The zero-order valence-corrected chi connectivity index (χ0v) is 11.7. The van der Waals surface area contributed by atoms with Gasteiger partial charge in [0, 0.05) is 24.8 Å². The summed E-state index contributed by atoms with van der Waals surface area (Å²) < 4.78 is 2.17. The molecular formula is C16H18N2O3. The Balaban J connectivity index is 1.45. The van der Waals surface area contributed by atoms with Crippen molar-refractivity contribution in [1.29, 1.82) is 0 Å². The van der Waals surface area contributed by atoms with Crippen LogP contribution in [-0.4, -0.2) is 28.1 Å². The SMILES string of the molecule is O=C(NCCCn1ccc2ccccc21)[C@H]1C[C@H]1C(=O)O. The van der Waals surface area contributed by atoms with Gasteiger partial charge >= 0.3 is 5.97 Å². The van der Waals surface area contributed by atoms with Crippen LogP contribution in [0, 0.1) is 11.8 Å². The molecule has 2 aromatic rings. The van der Waals surface area contributed by atoms with Crippen LogP contribution in [0.15, 0.2) is 36.5 Å². The Morgan fingerprint density at radius 3 is 2.81 bits per heavy atom. The number of amides is 1. The standard InChI is InChI=1S/C16H18N2O3/c19-15(12-10-13(12)16(20)21)17-7-3-8-18-9-6-11-4-1-2-5-14(11)18/h1-2,4-6,9,12-13H,3,7-8,10H2,(H,17,19)(H,20,21)/t12-,13+/m0/s1. The fraction of sp³-hybridized carbons (Fsp3) is 0.375. The number of aromatic nitrogens is 1. The summed E-state index contributed by atoms with van der Waals surface area (Å²) in [6.07, 6.45) is 3.35. The van der Waals surface area contributed by atoms with E-state index in [0.717, 1.165) is 13.0 Å². The molecule has 1 fully saturated rings. The van der Waals surface area contributed by atoms with Crippen molar-refractivity contribution in [3.63, 3.8) is 0 Å². The molecule has 0 aliphatic heterocycles. The summed E-state index contributed by atoms with van der Waals surface area (Å²) in [6, 6.07) is 10.3. The summed E-state index contributed by atoms with van der Waals surface area (Å²) >= 11 is 0. The van der Waals surface area contributed by atoms with Crippen LogP contribution in [-0.2, 0) is 16.1 Å². The quantitative estimate of drug-likeness (QED) is 0.796. The number of nitrogens with zero attached hydrogens (tertiary/aromatic N) is 1. The molecule has 110 valence electrons. The highest BCUT2D eigenvalue weighted by atomic mass is 16.4. The monoisotopic (exact) mass is 286 g/mol. The van der Waals surface area contributed by atoms with E-state index in [-0.39, 0.29) is 11.8 Å². The maximum atomic E-state index is 11.7. The molecule has 1 heterocycles. The summed E-state index contributed by atoms with van der Waals surface area (Å²) in [6.45, 7) is 1.41. The van der Waals surface area contributed by atoms with Crippen LogP contribution in [0.4, 0.5) is 0 Å². The van der Waals surface area contributed by atoms with Crippen molar-refractivity contribution in [2.45, 2.75) is 19.4 Å². The zero-order chi connectivity index (χ0) is 14.8. The number of carbonyl (C=O) groups excluding carboxylic acids is 1. The Morgan fingerprint density at radius 2 is 2.05 bits per heavy atom. The Morgan fingerprint density at radius 1 is 1.24 bits per heavy atom. The molecule has 1 aromatic heterocycles. The number of carboxylic acid groups (broad SMARTS) is 1. The van der Waals surface area contributed by atoms with Crippen molar-refractivity contribution >= 4 is 22.8 Å². The maximum Gasteiger partial charge on any atom is 0.307 e. The average molecular weight is 286 g/mol. The van der Waals surface area contributed by atoms with Crippen LogP contribution in [0.3, 0.4) is 0 Å². The molecular weight excluding hydrogens is 268 g/mol. The average Bonchev–Trinajstić information content (AvgIpc) is 3.19. The molecule has 1 aliphatic rings. The van der Waals surface area contributed by atoms with Crippen molar-refractivity contribution < 1.29 is 14.7 Å². The highest BCUT2D eigenvalue weighted by Gasteiger charge is 2.48. The van der Waals surface area contributed by atoms with Gasteiger partial charge in [-0.1, -0.05) is 18.2 Å². The van der Waals surface area contributed by atoms with Crippen molar-refractivity contribution in [1.82, 2.24) is 9.88 Å². The van der Waals surface area contributed by atoms with Crippen molar-refractivity contribution in [3.05, 3.63) is 36.5 Å². The van der Waals surface area contributed by atoms with E-state index in [1.54, 1.807) is 0 Å². The first kappa shape index (κ1) is 13.7. The van der Waals surface area contributed by atoms with E-state index in [1.807, 2.05) is 18.3 Å². The first-order valence-corrected chi connectivity index (χ1v) is 7.21. The third-order valence-corrected chi connectivity index (χ3v) is 4.00. The molecule has 0 saturated heterocycles. The number of benzene rings is 1. The second-order valence-corrected chi connectivity index (χ2v) is 5.50. The summed E-state index contributed by atoms with van der Waals surface area (Å²) in [5.74, 6) is -1.79. The van der Waals surface area contributed by atoms with Gasteiger partial charge in [-0.25, -0.2) is 0 Å². The molecule has 0 bridgehead atoms. The Hall–Kier alpha value is -2.30. The van der Waals surface area contributed by atoms with Gasteiger partial charge in [-0.05, 0) is 30.4 Å². The number of carboxylic acids is 1. The fourth-order valence-electron chi connectivity index (χ4n) is 2.69. The van der Waals surface area contributed by atoms with Crippen LogP contribution >= 0.6 is 0 Å². The highest BCUT2D eigenvalue weighted by molar-refractivity contribution is 5.89. The van der Waals surface area contributed by atoms with Gasteiger partial charge in [0.15, 0.2) is 0 Å². The molecule has 2 N–H and O–H groups in total. The summed E-state index contributed by atoms with van der Waals surface area (Å²) in [4.78, 5) is 22.4. The number of aryl methyl sites for hydroxylation is 1. The minimum absolute atomic E-state index is 0.125. The molecule has 0 spiro atoms. The lowest BCUT2D eigenvalue weighted by atomic mass is 10.2. The molecule has 21 heavy (non-hydrogen) atoms. The van der Waals surface area contributed by atoms with Gasteiger partial charge in [0.05, 0.1) is 11.8 Å². The lowest BCUT2D eigenvalue weighted by molar-refractivity contribution is -0.140. The van der Waals surface area contributed by atoms with Gasteiger partial charge in [-0.15, -0.1) is 0 Å². The van der Waals surface area contributed by atoms with E-state index in [2.05, 4.69) is 28.1 Å². The van der Waals surface area contributed by atoms with Crippen molar-refractivity contribution in [2.75, 3.05) is 6.54 Å². The van der Waals surface area contributed by atoms with E-state index >= 15 is 0 Å². The van der Waals surface area contributed by atoms with E-state index in [9.17, 15) is 9.59 Å². The molecule has 3 rings (SSSR count). The topological polar surface area (TPSA) is 71.3 Å². The smallest absolute Gasteiger partial charge is 0.307 e. The minimum atomic E-state index is -0.867. The summed E-state index contributed by atoms with van der Waals surface area (Å²) in [5.41, 5.74) is 1.19. The van der Waals surface area contributed by atoms with Crippen molar-refractivity contribution in [3.8, 4) is 0 Å². The van der Waals surface area contributed by atoms with Crippen LogP contribution < -0.4 is 5.32 Å². The fourth-order valence-corrected chi connectivity index (χ4v) is 2.69. The number of rotatable bonds is 6. The van der Waals surface area contributed by atoms with E-state index in [4.69, 9.17) is 5.11 Å². The van der Waals surface area contributed by atoms with E-state index in [1.165, 1.54) is 10.9 Å². The Bertz CT molecular complexity index is 677. The Kier molecular flexibility index (Phi) is 3.64. The summed E-state index contributed by atoms with van der Waals surface area (Å²) in [5, 5.41) is 12.8. The second-order valence-electron chi connectivity index (χ2n) is 5.50. The number of carbonyl (C=O) groups is 2. The molecule has 0 unspecified atom stereocenters. The first-order chi connectivity index (χ1) is 10.2. The number of para-hydroxylation sites is 1. The molecule has 1 aromatic carbocycles. The predicted octanol–water partition coefficient (Wildman–Crippen LogP) is 1.87. The first-order valence-electron chi connectivity index (χ1n) is 7.21. The molecule has 5 nitrogen and oxygen atoms in total. The maximum absolute atomic E-state index is 11.7. The molecule has 2 atom stereocenters. The molecule has 1 amide bonds. The van der Waals surface area contributed by atoms with Gasteiger partial charge in [0.25, 0.3) is 0 Å². The zero-order valence-electron chi connectivity index (χ0n) is 11.7. The number of aliphatic carboxylic acids is 1. The number of nitrogens with one attached hydrogen (secondary N) is 1. The normalized spacial score (nSPS) is 20.4. The lowest BCUT2D eigenvalue weighted by Gasteiger charge is -2.07. The van der Waals surface area contributed by atoms with Gasteiger partial charge in [-0.2, -0.15) is 0 Å². The van der Waals surface area contributed by atoms with Crippen LogP contribution in [0.1, 0.15) is 12.8 Å². The van der Waals surface area contributed by atoms with E-state index < -0.39 is 11.9 Å². The number of hydrogen-bond donors (Lipinski definition) is 2. The third kappa shape index (κ3) is 2.91. The molecule has 1 saturated carbocycles. The van der Waals surface area contributed by atoms with Gasteiger partial charge < -0.3 is 15.0 Å². The predicted molar refractivity (Wildman–Crippen MR) is 78.8 cm³/mol. The summed E-state index contributed by atoms with van der Waals surface area (Å²) in [7, 11) is 0. The Labute approximate surface area is 122 Å². The van der Waals surface area contributed by atoms with Crippen LogP contribution in [0.5, 0.6) is 0 Å². The number of hydrogen-bond acceptors (Lipinski definition) is 2. The molecule has 5 heteroatoms. The van der Waals surface area contributed by atoms with Crippen molar-refractivity contribution in [2.24, 2.45) is 11.8 Å². The lowest BCUT2D eigenvalue weighted by Crippen LogP contribution is -2.27. The van der Waals surface area contributed by atoms with Gasteiger partial charge in [0.2, 0.25) is 5.91 Å². The largest absolute Gasteiger partial charge is 0.481 e. The molecule has 0 radical (unpaired) electrons. The number of fused-ring (bicyclic) bond motifs is 1. The highest BCUT2D eigenvalue weighted by Crippen LogP contribution is 2.38. The van der Waals surface area contributed by atoms with Gasteiger partial charge in [-0.3, -0.25) is 9.59 Å².